The van der Waals surface area contributed by atoms with Crippen LogP contribution < -0.4 is 5.32 Å². The first kappa shape index (κ1) is 14.3. The van der Waals surface area contributed by atoms with Crippen LogP contribution in [0.2, 0.25) is 0 Å². The van der Waals surface area contributed by atoms with Crippen molar-refractivity contribution in [2.45, 2.75) is 63.8 Å². The Morgan fingerprint density at radius 3 is 2.67 bits per heavy atom. The van der Waals surface area contributed by atoms with Crippen molar-refractivity contribution in [3.8, 4) is 0 Å². The molecule has 2 aliphatic carbocycles. The van der Waals surface area contributed by atoms with Crippen LogP contribution in [-0.2, 0) is 17.6 Å². The molecule has 114 valence electrons. The molecule has 1 fully saturated rings. The first-order valence-electron chi connectivity index (χ1n) is 8.08. The van der Waals surface area contributed by atoms with Gasteiger partial charge in [0.15, 0.2) is 0 Å². The molecule has 0 spiro atoms. The Morgan fingerprint density at radius 1 is 1.14 bits per heavy atom. The quantitative estimate of drug-likeness (QED) is 0.891. The molecule has 21 heavy (non-hydrogen) atoms. The zero-order valence-electron chi connectivity index (χ0n) is 12.3. The number of nitrogens with one attached hydrogen (secondary N) is 1. The van der Waals surface area contributed by atoms with Crippen molar-refractivity contribution in [1.29, 1.82) is 0 Å². The number of aryl methyl sites for hydroxylation is 1. The van der Waals surface area contributed by atoms with Gasteiger partial charge in [0.1, 0.15) is 18.2 Å². The van der Waals surface area contributed by atoms with E-state index in [4.69, 9.17) is 0 Å². The van der Waals surface area contributed by atoms with Gasteiger partial charge in [0.05, 0.1) is 0 Å². The average molecular weight is 289 g/mol. The Bertz CT molecular complexity index is 512. The Hall–Kier alpha value is -1.65. The van der Waals surface area contributed by atoms with Crippen LogP contribution in [0, 0.1) is 5.92 Å². The van der Waals surface area contributed by atoms with Crippen molar-refractivity contribution in [2.75, 3.05) is 5.32 Å². The molecule has 5 heteroatoms. The molecule has 2 aliphatic rings. The predicted octanol–water partition coefficient (Wildman–Crippen LogP) is 2.80. The van der Waals surface area contributed by atoms with Crippen molar-refractivity contribution in [2.24, 2.45) is 5.92 Å². The lowest BCUT2D eigenvalue weighted by atomic mass is 9.83. The number of fused-ring (bicyclic) bond motifs is 1. The Morgan fingerprint density at radius 2 is 1.90 bits per heavy atom. The second kappa shape index (κ2) is 6.41. The summed E-state index contributed by atoms with van der Waals surface area (Å²) in [6.45, 7) is 0. The molecular weight excluding hydrogens is 266 g/mol. The summed E-state index contributed by atoms with van der Waals surface area (Å²) in [5.41, 5.74) is 2.22. The fourth-order valence-corrected chi connectivity index (χ4v) is 3.64. The standard InChI is InChI=1S/C16H23N3O2/c20-16(21)14(11-6-2-1-3-7-11)19-15-12-8-4-5-9-13(12)17-10-18-15/h10-11,14H,1-9H2,(H,20,21)(H,17,18,19). The summed E-state index contributed by atoms with van der Waals surface area (Å²) < 4.78 is 0. The van der Waals surface area contributed by atoms with Crippen LogP contribution >= 0.6 is 0 Å². The van der Waals surface area contributed by atoms with Gasteiger partial charge in [-0.05, 0) is 44.4 Å². The largest absolute Gasteiger partial charge is 0.480 e. The minimum Gasteiger partial charge on any atom is -0.480 e. The van der Waals surface area contributed by atoms with Gasteiger partial charge in [-0.1, -0.05) is 19.3 Å². The lowest BCUT2D eigenvalue weighted by Gasteiger charge is -2.29. The topological polar surface area (TPSA) is 75.1 Å². The number of hydrogen-bond donors (Lipinski definition) is 2. The first-order valence-corrected chi connectivity index (χ1v) is 8.08. The highest BCUT2D eigenvalue weighted by Gasteiger charge is 2.30. The number of carboxylic acids is 1. The maximum Gasteiger partial charge on any atom is 0.326 e. The smallest absolute Gasteiger partial charge is 0.326 e. The fourth-order valence-electron chi connectivity index (χ4n) is 3.64. The predicted molar refractivity (Wildman–Crippen MR) is 80.3 cm³/mol. The van der Waals surface area contributed by atoms with Crippen molar-refractivity contribution in [1.82, 2.24) is 9.97 Å². The van der Waals surface area contributed by atoms with E-state index in [2.05, 4.69) is 15.3 Å². The molecule has 1 atom stereocenters. The molecule has 0 aliphatic heterocycles. The van der Waals surface area contributed by atoms with Gasteiger partial charge in [0.25, 0.3) is 0 Å². The van der Waals surface area contributed by atoms with Crippen molar-refractivity contribution >= 4 is 11.8 Å². The van der Waals surface area contributed by atoms with E-state index < -0.39 is 12.0 Å². The summed E-state index contributed by atoms with van der Waals surface area (Å²) >= 11 is 0. The highest BCUT2D eigenvalue weighted by atomic mass is 16.4. The van der Waals surface area contributed by atoms with E-state index in [1.165, 1.54) is 6.42 Å². The summed E-state index contributed by atoms with van der Waals surface area (Å²) in [7, 11) is 0. The molecular formula is C16H23N3O2. The first-order chi connectivity index (χ1) is 10.3. The molecule has 0 saturated heterocycles. The number of rotatable bonds is 4. The molecule has 0 bridgehead atoms. The minimum atomic E-state index is -0.759. The zero-order valence-corrected chi connectivity index (χ0v) is 12.3. The van der Waals surface area contributed by atoms with E-state index in [0.29, 0.717) is 0 Å². The van der Waals surface area contributed by atoms with Gasteiger partial charge < -0.3 is 10.4 Å². The van der Waals surface area contributed by atoms with Gasteiger partial charge in [-0.25, -0.2) is 14.8 Å². The maximum absolute atomic E-state index is 11.7. The van der Waals surface area contributed by atoms with Crippen molar-refractivity contribution in [3.05, 3.63) is 17.6 Å². The second-order valence-corrected chi connectivity index (χ2v) is 6.21. The normalized spacial score (nSPS) is 20.6. The molecule has 1 saturated carbocycles. The molecule has 0 amide bonds. The summed E-state index contributed by atoms with van der Waals surface area (Å²) in [6, 6.07) is -0.522. The third-order valence-corrected chi connectivity index (χ3v) is 4.80. The van der Waals surface area contributed by atoms with Crippen LogP contribution in [0.25, 0.3) is 0 Å². The summed E-state index contributed by atoms with van der Waals surface area (Å²) in [5, 5.41) is 12.8. The number of carboxylic acid groups (broad SMARTS) is 1. The van der Waals surface area contributed by atoms with E-state index in [0.717, 1.165) is 68.4 Å². The number of anilines is 1. The lowest BCUT2D eigenvalue weighted by molar-refractivity contribution is -0.139. The molecule has 3 rings (SSSR count). The third kappa shape index (κ3) is 3.17. The zero-order chi connectivity index (χ0) is 14.7. The molecule has 1 aromatic heterocycles. The summed E-state index contributed by atoms with van der Waals surface area (Å²) in [5.74, 6) is 0.202. The second-order valence-electron chi connectivity index (χ2n) is 6.21. The van der Waals surface area contributed by atoms with Gasteiger partial charge >= 0.3 is 5.97 Å². The average Bonchev–Trinajstić information content (AvgIpc) is 2.53. The molecule has 1 heterocycles. The number of aliphatic carboxylic acids is 1. The summed E-state index contributed by atoms with van der Waals surface area (Å²) in [4.78, 5) is 20.3. The fraction of sp³-hybridized carbons (Fsp3) is 0.688. The minimum absolute atomic E-state index is 0.213. The number of nitrogens with zero attached hydrogens (tertiary/aromatic N) is 2. The van der Waals surface area contributed by atoms with Crippen molar-refractivity contribution < 1.29 is 9.90 Å². The van der Waals surface area contributed by atoms with Crippen LogP contribution in [-0.4, -0.2) is 27.1 Å². The van der Waals surface area contributed by atoms with E-state index >= 15 is 0 Å². The number of aromatic nitrogens is 2. The van der Waals surface area contributed by atoms with E-state index in [1.807, 2.05) is 0 Å². The molecule has 1 aromatic rings. The van der Waals surface area contributed by atoms with Crippen LogP contribution in [0.15, 0.2) is 6.33 Å². The molecule has 0 aromatic carbocycles. The third-order valence-electron chi connectivity index (χ3n) is 4.80. The van der Waals surface area contributed by atoms with Crippen LogP contribution in [0.4, 0.5) is 5.82 Å². The van der Waals surface area contributed by atoms with Gasteiger partial charge in [-0.2, -0.15) is 0 Å². The van der Waals surface area contributed by atoms with Crippen molar-refractivity contribution in [3.63, 3.8) is 0 Å². The monoisotopic (exact) mass is 289 g/mol. The molecule has 2 N–H and O–H groups in total. The Labute approximate surface area is 125 Å². The van der Waals surface area contributed by atoms with E-state index in [9.17, 15) is 9.90 Å². The van der Waals surface area contributed by atoms with Gasteiger partial charge in [0, 0.05) is 11.3 Å². The van der Waals surface area contributed by atoms with Gasteiger partial charge in [-0.3, -0.25) is 0 Å². The number of carbonyl (C=O) groups is 1. The number of hydrogen-bond acceptors (Lipinski definition) is 4. The Kier molecular flexibility index (Phi) is 4.36. The van der Waals surface area contributed by atoms with Gasteiger partial charge in [-0.15, -0.1) is 0 Å². The Balaban J connectivity index is 1.81. The molecule has 5 nitrogen and oxygen atoms in total. The lowest BCUT2D eigenvalue weighted by Crippen LogP contribution is -2.38. The van der Waals surface area contributed by atoms with Crippen LogP contribution in [0.1, 0.15) is 56.2 Å². The van der Waals surface area contributed by atoms with E-state index in [1.54, 1.807) is 6.33 Å². The van der Waals surface area contributed by atoms with Gasteiger partial charge in [0.2, 0.25) is 0 Å². The summed E-state index contributed by atoms with van der Waals surface area (Å²) in [6.07, 6.45) is 11.3. The highest BCUT2D eigenvalue weighted by Crippen LogP contribution is 2.30. The van der Waals surface area contributed by atoms with Crippen LogP contribution in [0.3, 0.4) is 0 Å². The molecule has 0 radical (unpaired) electrons. The maximum atomic E-state index is 11.7. The highest BCUT2D eigenvalue weighted by molar-refractivity contribution is 5.77. The molecule has 1 unspecified atom stereocenters. The van der Waals surface area contributed by atoms with E-state index in [-0.39, 0.29) is 5.92 Å². The SMILES string of the molecule is O=C(O)C(Nc1ncnc2c1CCCC2)C1CCCCC1. The van der Waals surface area contributed by atoms with Crippen LogP contribution in [0.5, 0.6) is 0 Å².